The van der Waals surface area contributed by atoms with Gasteiger partial charge in [0.05, 0.1) is 17.3 Å². The molecule has 0 atom stereocenters. The van der Waals surface area contributed by atoms with Crippen LogP contribution in [0.3, 0.4) is 0 Å². The molecule has 160 valence electrons. The molecule has 3 aromatic rings. The first-order valence-corrected chi connectivity index (χ1v) is 8.39. The zero-order valence-electron chi connectivity index (χ0n) is 15.2. The smallest absolute Gasteiger partial charge is 0.417 e. The molecule has 0 aliphatic heterocycles. The van der Waals surface area contributed by atoms with Crippen LogP contribution in [0.2, 0.25) is 0 Å². The van der Waals surface area contributed by atoms with E-state index in [1.165, 1.54) is 42.5 Å². The number of nitriles is 1. The Morgan fingerprint density at radius 3 is 2.35 bits per heavy atom. The summed E-state index contributed by atoms with van der Waals surface area (Å²) >= 11 is 0. The number of rotatable bonds is 5. The van der Waals surface area contributed by atoms with E-state index in [9.17, 15) is 36.0 Å². The van der Waals surface area contributed by atoms with E-state index in [2.05, 4.69) is 9.84 Å². The Hall–Kier alpha value is -3.81. The fourth-order valence-corrected chi connectivity index (χ4v) is 2.62. The van der Waals surface area contributed by atoms with E-state index in [0.29, 0.717) is 16.3 Å². The van der Waals surface area contributed by atoms with Crippen molar-refractivity contribution in [2.45, 2.75) is 12.8 Å². The average Bonchev–Trinajstić information content (AvgIpc) is 3.12. The number of halogens is 7. The molecule has 0 spiro atoms. The average molecular weight is 441 g/mol. The van der Waals surface area contributed by atoms with Crippen LogP contribution in [-0.2, 0) is 6.18 Å². The first kappa shape index (κ1) is 21.9. The lowest BCUT2D eigenvalue weighted by Gasteiger charge is -2.08. The standard InChI is InChI=1S/C20H10F7N3O/c21-15-3-1-2-14(18(15)22)12(10-28)8-11-4-6-13(7-5-11)30-17(31-19(23)24)9-16(29-30)20(25,26)27/h1-9,19H. The molecule has 0 bridgehead atoms. The van der Waals surface area contributed by atoms with Crippen LogP contribution in [0.5, 0.6) is 5.88 Å². The van der Waals surface area contributed by atoms with E-state index in [1.54, 1.807) is 6.07 Å². The largest absolute Gasteiger partial charge is 0.435 e. The monoisotopic (exact) mass is 441 g/mol. The Bertz CT molecular complexity index is 1160. The zero-order valence-corrected chi connectivity index (χ0v) is 15.2. The lowest BCUT2D eigenvalue weighted by atomic mass is 10.0. The van der Waals surface area contributed by atoms with Crippen LogP contribution in [0.15, 0.2) is 48.5 Å². The molecule has 0 amide bonds. The van der Waals surface area contributed by atoms with Crippen molar-refractivity contribution in [3.8, 4) is 17.6 Å². The molecule has 11 heteroatoms. The lowest BCUT2D eigenvalue weighted by Crippen LogP contribution is -2.09. The van der Waals surface area contributed by atoms with E-state index in [4.69, 9.17) is 0 Å². The van der Waals surface area contributed by atoms with E-state index < -0.39 is 36.0 Å². The third kappa shape index (κ3) is 4.85. The van der Waals surface area contributed by atoms with Gasteiger partial charge in [-0.15, -0.1) is 0 Å². The summed E-state index contributed by atoms with van der Waals surface area (Å²) in [6.45, 7) is -3.38. The quantitative estimate of drug-likeness (QED) is 0.284. The molecular formula is C20H10F7N3O. The highest BCUT2D eigenvalue weighted by molar-refractivity contribution is 5.89. The molecule has 3 rings (SSSR count). The van der Waals surface area contributed by atoms with Crippen molar-refractivity contribution >= 4 is 11.6 Å². The molecule has 0 saturated heterocycles. The molecule has 1 aromatic heterocycles. The fourth-order valence-electron chi connectivity index (χ4n) is 2.62. The summed E-state index contributed by atoms with van der Waals surface area (Å²) in [4.78, 5) is 0. The van der Waals surface area contributed by atoms with E-state index in [1.807, 2.05) is 0 Å². The molecule has 1 heterocycles. The number of alkyl halides is 5. The maximum absolute atomic E-state index is 13.9. The Morgan fingerprint density at radius 1 is 1.10 bits per heavy atom. The summed E-state index contributed by atoms with van der Waals surface area (Å²) in [5.74, 6) is -3.18. The van der Waals surface area contributed by atoms with Crippen LogP contribution in [0.25, 0.3) is 17.3 Å². The minimum atomic E-state index is -4.88. The molecule has 0 saturated carbocycles. The fraction of sp³-hybridized carbons (Fsp3) is 0.100. The molecule has 2 aromatic carbocycles. The Labute approximate surface area is 170 Å². The molecule has 4 nitrogen and oxygen atoms in total. The molecular weight excluding hydrogens is 431 g/mol. The summed E-state index contributed by atoms with van der Waals surface area (Å²) < 4.78 is 95.7. The van der Waals surface area contributed by atoms with Gasteiger partial charge in [-0.2, -0.15) is 32.3 Å². The van der Waals surface area contributed by atoms with Gasteiger partial charge in [-0.05, 0) is 29.8 Å². The van der Waals surface area contributed by atoms with Crippen molar-refractivity contribution in [1.82, 2.24) is 9.78 Å². The van der Waals surface area contributed by atoms with Crippen molar-refractivity contribution in [1.29, 1.82) is 5.26 Å². The number of benzene rings is 2. The third-order valence-corrected chi connectivity index (χ3v) is 3.99. The van der Waals surface area contributed by atoms with E-state index in [-0.39, 0.29) is 16.8 Å². The Morgan fingerprint density at radius 2 is 1.77 bits per heavy atom. The summed E-state index contributed by atoms with van der Waals surface area (Å²) in [6, 6.07) is 10.5. The topological polar surface area (TPSA) is 50.8 Å². The SMILES string of the molecule is N#CC(=Cc1ccc(-n2nc(C(F)(F)F)cc2OC(F)F)cc1)c1cccc(F)c1F. The molecule has 0 radical (unpaired) electrons. The normalized spacial score (nSPS) is 12.2. The molecule has 0 unspecified atom stereocenters. The summed E-state index contributed by atoms with van der Waals surface area (Å²) in [5, 5.41) is 12.5. The Kier molecular flexibility index (Phi) is 6.01. The van der Waals surface area contributed by atoms with E-state index >= 15 is 0 Å². The minimum absolute atomic E-state index is 0.0428. The van der Waals surface area contributed by atoms with E-state index in [0.717, 1.165) is 6.07 Å². The van der Waals surface area contributed by atoms with Gasteiger partial charge < -0.3 is 4.74 Å². The maximum atomic E-state index is 13.9. The number of hydrogen-bond donors (Lipinski definition) is 0. The number of allylic oxidation sites excluding steroid dienone is 1. The van der Waals surface area contributed by atoms with Gasteiger partial charge in [0.1, 0.15) is 0 Å². The van der Waals surface area contributed by atoms with Crippen LogP contribution < -0.4 is 4.74 Å². The summed E-state index contributed by atoms with van der Waals surface area (Å²) in [7, 11) is 0. The summed E-state index contributed by atoms with van der Waals surface area (Å²) in [5.41, 5.74) is -1.64. The van der Waals surface area contributed by atoms with Gasteiger partial charge in [-0.25, -0.2) is 13.5 Å². The second kappa shape index (κ2) is 8.51. The van der Waals surface area contributed by atoms with Crippen LogP contribution in [-0.4, -0.2) is 16.4 Å². The number of ether oxygens (including phenoxy) is 1. The molecule has 0 aliphatic rings. The second-order valence-corrected chi connectivity index (χ2v) is 6.02. The second-order valence-electron chi connectivity index (χ2n) is 6.02. The maximum Gasteiger partial charge on any atom is 0.435 e. The number of nitrogens with zero attached hydrogens (tertiary/aromatic N) is 3. The predicted octanol–water partition coefficient (Wildman–Crippen LogP) is 5.83. The van der Waals surface area contributed by atoms with Crippen molar-refractivity contribution in [2.75, 3.05) is 0 Å². The molecule has 0 fully saturated rings. The van der Waals surface area contributed by atoms with Gasteiger partial charge in [0.25, 0.3) is 0 Å². The number of aromatic nitrogens is 2. The third-order valence-electron chi connectivity index (χ3n) is 3.99. The van der Waals surface area contributed by atoms with Crippen molar-refractivity contribution in [3.05, 3.63) is 77.0 Å². The number of hydrogen-bond acceptors (Lipinski definition) is 3. The zero-order chi connectivity index (χ0) is 22.8. The van der Waals surface area contributed by atoms with Crippen molar-refractivity contribution in [3.63, 3.8) is 0 Å². The van der Waals surface area contributed by atoms with Gasteiger partial charge in [0.2, 0.25) is 5.88 Å². The first-order valence-electron chi connectivity index (χ1n) is 8.39. The van der Waals surface area contributed by atoms with Crippen molar-refractivity contribution < 1.29 is 35.5 Å². The lowest BCUT2D eigenvalue weighted by molar-refractivity contribution is -0.141. The van der Waals surface area contributed by atoms with Crippen LogP contribution >= 0.6 is 0 Å². The van der Waals surface area contributed by atoms with Crippen LogP contribution in [0.4, 0.5) is 30.7 Å². The van der Waals surface area contributed by atoms with Gasteiger partial charge in [-0.3, -0.25) is 0 Å². The van der Waals surface area contributed by atoms with Crippen LogP contribution in [0.1, 0.15) is 16.8 Å². The van der Waals surface area contributed by atoms with Gasteiger partial charge in [0, 0.05) is 11.6 Å². The van der Waals surface area contributed by atoms with Gasteiger partial charge in [-0.1, -0.05) is 24.3 Å². The highest BCUT2D eigenvalue weighted by atomic mass is 19.4. The summed E-state index contributed by atoms with van der Waals surface area (Å²) in [6.07, 6.45) is -3.66. The van der Waals surface area contributed by atoms with Crippen LogP contribution in [0, 0.1) is 23.0 Å². The Balaban J connectivity index is 1.98. The molecule has 31 heavy (non-hydrogen) atoms. The molecule has 0 aliphatic carbocycles. The first-order chi connectivity index (χ1) is 14.6. The van der Waals surface area contributed by atoms with Crippen molar-refractivity contribution in [2.24, 2.45) is 0 Å². The highest BCUT2D eigenvalue weighted by Gasteiger charge is 2.36. The molecule has 0 N–H and O–H groups in total. The van der Waals surface area contributed by atoms with Gasteiger partial charge in [0.15, 0.2) is 17.3 Å². The highest BCUT2D eigenvalue weighted by Crippen LogP contribution is 2.33. The minimum Gasteiger partial charge on any atom is -0.417 e. The predicted molar refractivity (Wildman–Crippen MR) is 95.0 cm³/mol. The van der Waals surface area contributed by atoms with Gasteiger partial charge >= 0.3 is 12.8 Å².